The van der Waals surface area contributed by atoms with Crippen LogP contribution in [0.1, 0.15) is 23.5 Å². The van der Waals surface area contributed by atoms with Crippen LogP contribution >= 0.6 is 23.8 Å². The van der Waals surface area contributed by atoms with Gasteiger partial charge < -0.3 is 14.6 Å². The molecule has 2 aromatic heterocycles. The minimum absolute atomic E-state index is 0.00307. The molecule has 1 aliphatic rings. The fourth-order valence-electron chi connectivity index (χ4n) is 3.96. The average molecular weight is 477 g/mol. The lowest BCUT2D eigenvalue weighted by Gasteiger charge is -2.26. The number of aromatic nitrogens is 1. The zero-order chi connectivity index (χ0) is 22.9. The molecule has 164 valence electrons. The van der Waals surface area contributed by atoms with Crippen LogP contribution in [-0.4, -0.2) is 15.0 Å². The van der Waals surface area contributed by atoms with Crippen molar-refractivity contribution in [1.29, 1.82) is 0 Å². The molecule has 1 saturated heterocycles. The van der Waals surface area contributed by atoms with Crippen molar-refractivity contribution in [3.63, 3.8) is 0 Å². The SMILES string of the molecule is O=[N+]([O-])c1cccc(-c2ccc([C@@H]3[C@@H](c4ccccn4)NC(=S)N3c3ccc(Cl)cc3)o2)c1. The van der Waals surface area contributed by atoms with E-state index in [1.807, 2.05) is 47.4 Å². The van der Waals surface area contributed by atoms with E-state index >= 15 is 0 Å². The molecule has 2 aromatic carbocycles. The molecule has 7 nitrogen and oxygen atoms in total. The molecule has 1 aliphatic heterocycles. The summed E-state index contributed by atoms with van der Waals surface area (Å²) in [5, 5.41) is 15.7. The van der Waals surface area contributed by atoms with Gasteiger partial charge in [-0.2, -0.15) is 0 Å². The quantitative estimate of drug-likeness (QED) is 0.212. The molecule has 0 aliphatic carbocycles. The van der Waals surface area contributed by atoms with E-state index in [9.17, 15) is 10.1 Å². The summed E-state index contributed by atoms with van der Waals surface area (Å²) in [4.78, 5) is 17.3. The van der Waals surface area contributed by atoms with E-state index in [0.717, 1.165) is 11.4 Å². The Hall–Kier alpha value is -3.75. The smallest absolute Gasteiger partial charge is 0.270 e. The minimum Gasteiger partial charge on any atom is -0.459 e. The molecule has 33 heavy (non-hydrogen) atoms. The van der Waals surface area contributed by atoms with Crippen molar-refractivity contribution in [3.8, 4) is 11.3 Å². The van der Waals surface area contributed by atoms with E-state index in [0.29, 0.717) is 27.2 Å². The zero-order valence-corrected chi connectivity index (χ0v) is 18.7. The molecule has 3 heterocycles. The third-order valence-corrected chi connectivity index (χ3v) is 6.03. The van der Waals surface area contributed by atoms with Crippen molar-refractivity contribution < 1.29 is 9.34 Å². The molecule has 9 heteroatoms. The fourth-order valence-corrected chi connectivity index (χ4v) is 4.44. The summed E-state index contributed by atoms with van der Waals surface area (Å²) in [5.74, 6) is 1.18. The number of anilines is 1. The fraction of sp³-hybridized carbons (Fsp3) is 0.0833. The topological polar surface area (TPSA) is 84.4 Å². The first-order valence-corrected chi connectivity index (χ1v) is 10.9. The Morgan fingerprint density at radius 2 is 1.88 bits per heavy atom. The van der Waals surface area contributed by atoms with Crippen LogP contribution in [0.3, 0.4) is 0 Å². The Morgan fingerprint density at radius 3 is 2.61 bits per heavy atom. The highest BCUT2D eigenvalue weighted by Gasteiger charge is 2.42. The van der Waals surface area contributed by atoms with Gasteiger partial charge in [-0.1, -0.05) is 29.8 Å². The lowest BCUT2D eigenvalue weighted by Crippen LogP contribution is -2.29. The number of nitro groups is 1. The minimum atomic E-state index is -0.425. The van der Waals surface area contributed by atoms with E-state index in [1.54, 1.807) is 30.5 Å². The van der Waals surface area contributed by atoms with E-state index in [1.165, 1.54) is 12.1 Å². The lowest BCUT2D eigenvalue weighted by atomic mass is 10.0. The Kier molecular flexibility index (Phi) is 5.53. The molecule has 1 N–H and O–H groups in total. The van der Waals surface area contributed by atoms with Crippen molar-refractivity contribution in [2.75, 3.05) is 4.90 Å². The van der Waals surface area contributed by atoms with Gasteiger partial charge in [0, 0.05) is 34.6 Å². The molecule has 0 amide bonds. The summed E-state index contributed by atoms with van der Waals surface area (Å²) < 4.78 is 6.25. The van der Waals surface area contributed by atoms with Crippen LogP contribution in [-0.2, 0) is 0 Å². The second kappa shape index (κ2) is 8.65. The van der Waals surface area contributed by atoms with Crippen LogP contribution in [0.5, 0.6) is 0 Å². The summed E-state index contributed by atoms with van der Waals surface area (Å²) in [6, 6.07) is 22.6. The number of hydrogen-bond donors (Lipinski definition) is 1. The van der Waals surface area contributed by atoms with Gasteiger partial charge in [-0.05, 0) is 60.7 Å². The van der Waals surface area contributed by atoms with Gasteiger partial charge in [0.05, 0.1) is 16.7 Å². The van der Waals surface area contributed by atoms with Gasteiger partial charge in [-0.25, -0.2) is 0 Å². The molecular weight excluding hydrogens is 460 g/mol. The number of benzene rings is 2. The summed E-state index contributed by atoms with van der Waals surface area (Å²) in [7, 11) is 0. The lowest BCUT2D eigenvalue weighted by molar-refractivity contribution is -0.384. The molecule has 1 fully saturated rings. The summed E-state index contributed by atoms with van der Waals surface area (Å²) >= 11 is 11.8. The summed E-state index contributed by atoms with van der Waals surface area (Å²) in [5.41, 5.74) is 2.29. The maximum Gasteiger partial charge on any atom is 0.270 e. The van der Waals surface area contributed by atoms with Crippen LogP contribution in [0.2, 0.25) is 5.02 Å². The monoisotopic (exact) mass is 476 g/mol. The zero-order valence-electron chi connectivity index (χ0n) is 17.1. The molecule has 0 unspecified atom stereocenters. The van der Waals surface area contributed by atoms with Crippen molar-refractivity contribution in [3.05, 3.63) is 112 Å². The highest BCUT2D eigenvalue weighted by atomic mass is 35.5. The van der Waals surface area contributed by atoms with Gasteiger partial charge in [0.15, 0.2) is 5.11 Å². The first-order valence-electron chi connectivity index (χ1n) is 10.1. The molecule has 0 saturated carbocycles. The van der Waals surface area contributed by atoms with Crippen molar-refractivity contribution in [2.24, 2.45) is 0 Å². The summed E-state index contributed by atoms with van der Waals surface area (Å²) in [6.45, 7) is 0. The first-order chi connectivity index (χ1) is 16.0. The van der Waals surface area contributed by atoms with Crippen molar-refractivity contribution >= 4 is 40.3 Å². The predicted octanol–water partition coefficient (Wildman–Crippen LogP) is 6.08. The molecule has 0 bridgehead atoms. The number of nitro benzene ring substituents is 1. The second-order valence-corrected chi connectivity index (χ2v) is 8.31. The van der Waals surface area contributed by atoms with Crippen LogP contribution < -0.4 is 10.2 Å². The Balaban J connectivity index is 1.58. The molecule has 5 rings (SSSR count). The van der Waals surface area contributed by atoms with Gasteiger partial charge in [-0.3, -0.25) is 15.1 Å². The normalized spacial score (nSPS) is 17.7. The van der Waals surface area contributed by atoms with Gasteiger partial charge >= 0.3 is 0 Å². The second-order valence-electron chi connectivity index (χ2n) is 7.48. The number of non-ortho nitro benzene ring substituents is 1. The van der Waals surface area contributed by atoms with E-state index in [-0.39, 0.29) is 17.8 Å². The standard InChI is InChI=1S/C24H17ClN4O3S/c25-16-7-9-17(10-8-16)28-23(22(27-24(28)33)19-6-1-2-13-26-19)21-12-11-20(32-21)15-4-3-5-18(14-15)29(30)31/h1-14,22-23H,(H,27,33)/t22-,23-/m1/s1. The van der Waals surface area contributed by atoms with Crippen molar-refractivity contribution in [1.82, 2.24) is 10.3 Å². The Labute approximate surface area is 199 Å². The maximum absolute atomic E-state index is 11.2. The number of hydrogen-bond acceptors (Lipinski definition) is 5. The van der Waals surface area contributed by atoms with Crippen LogP contribution in [0.25, 0.3) is 11.3 Å². The molecule has 0 radical (unpaired) electrons. The number of thiocarbonyl (C=S) groups is 1. The number of furan rings is 1. The van der Waals surface area contributed by atoms with Gasteiger partial charge in [0.25, 0.3) is 5.69 Å². The van der Waals surface area contributed by atoms with Gasteiger partial charge in [-0.15, -0.1) is 0 Å². The molecule has 2 atom stereocenters. The Bertz CT molecular complexity index is 1330. The third-order valence-electron chi connectivity index (χ3n) is 5.46. The molecule has 4 aromatic rings. The maximum atomic E-state index is 11.2. The number of pyridine rings is 1. The number of nitrogens with one attached hydrogen (secondary N) is 1. The van der Waals surface area contributed by atoms with Gasteiger partial charge in [0.2, 0.25) is 0 Å². The van der Waals surface area contributed by atoms with Gasteiger partial charge in [0.1, 0.15) is 17.6 Å². The number of halogens is 1. The van der Waals surface area contributed by atoms with Crippen LogP contribution in [0, 0.1) is 10.1 Å². The largest absolute Gasteiger partial charge is 0.459 e. The predicted molar refractivity (Wildman–Crippen MR) is 130 cm³/mol. The average Bonchev–Trinajstić information content (AvgIpc) is 3.45. The van der Waals surface area contributed by atoms with Crippen LogP contribution in [0.4, 0.5) is 11.4 Å². The van der Waals surface area contributed by atoms with E-state index in [2.05, 4.69) is 10.3 Å². The first kappa shape index (κ1) is 21.1. The van der Waals surface area contributed by atoms with Crippen molar-refractivity contribution in [2.45, 2.75) is 12.1 Å². The molecule has 0 spiro atoms. The summed E-state index contributed by atoms with van der Waals surface area (Å²) in [6.07, 6.45) is 1.73. The van der Waals surface area contributed by atoms with E-state index < -0.39 is 4.92 Å². The molecular formula is C24H17ClN4O3S. The number of rotatable bonds is 5. The highest BCUT2D eigenvalue weighted by molar-refractivity contribution is 7.80. The number of nitrogens with zero attached hydrogens (tertiary/aromatic N) is 3. The third kappa shape index (κ3) is 4.06. The van der Waals surface area contributed by atoms with E-state index in [4.69, 9.17) is 28.2 Å². The Morgan fingerprint density at radius 1 is 1.06 bits per heavy atom. The van der Waals surface area contributed by atoms with Crippen LogP contribution in [0.15, 0.2) is 89.5 Å². The highest BCUT2D eigenvalue weighted by Crippen LogP contribution is 2.43.